The Bertz CT molecular complexity index is 1220. The molecule has 2 aromatic heterocycles. The normalized spacial score (nSPS) is 11.1. The van der Waals surface area contributed by atoms with Gasteiger partial charge in [0, 0.05) is 22.8 Å². The third-order valence-corrected chi connectivity index (χ3v) is 4.44. The first-order chi connectivity index (χ1) is 12.9. The molecule has 2 heterocycles. The zero-order valence-corrected chi connectivity index (χ0v) is 14.7. The van der Waals surface area contributed by atoms with Gasteiger partial charge in [-0.25, -0.2) is 9.18 Å². The number of H-pyrrole nitrogens is 1. The highest BCUT2D eigenvalue weighted by molar-refractivity contribution is 6.06. The number of aryl methyl sites for hydroxylation is 1. The average Bonchev–Trinajstić information content (AvgIpc) is 3.14. The van der Waals surface area contributed by atoms with Gasteiger partial charge in [0.15, 0.2) is 5.58 Å². The van der Waals surface area contributed by atoms with E-state index in [-0.39, 0.29) is 11.7 Å². The molecule has 0 atom stereocenters. The first kappa shape index (κ1) is 16.8. The number of nitrogens with zero attached hydrogens (tertiary/aromatic N) is 1. The Labute approximate surface area is 153 Å². The van der Waals surface area contributed by atoms with Crippen LogP contribution >= 0.6 is 0 Å². The van der Waals surface area contributed by atoms with E-state index in [1.54, 1.807) is 36.4 Å². The summed E-state index contributed by atoms with van der Waals surface area (Å²) in [4.78, 5) is 26.6. The van der Waals surface area contributed by atoms with E-state index in [2.05, 4.69) is 10.3 Å². The van der Waals surface area contributed by atoms with Crippen LogP contribution in [0.3, 0.4) is 0 Å². The van der Waals surface area contributed by atoms with Gasteiger partial charge < -0.3 is 14.3 Å². The molecule has 27 heavy (non-hydrogen) atoms. The van der Waals surface area contributed by atoms with Crippen LogP contribution < -0.4 is 11.1 Å². The summed E-state index contributed by atoms with van der Waals surface area (Å²) in [6, 6.07) is 12.8. The lowest BCUT2D eigenvalue weighted by molar-refractivity contribution is 0.102. The smallest absolute Gasteiger partial charge is 0.408 e. The van der Waals surface area contributed by atoms with Crippen molar-refractivity contribution < 1.29 is 13.6 Å². The molecule has 7 heteroatoms. The van der Waals surface area contributed by atoms with Crippen LogP contribution in [0.1, 0.15) is 21.7 Å². The van der Waals surface area contributed by atoms with E-state index in [9.17, 15) is 14.0 Å². The van der Waals surface area contributed by atoms with E-state index in [1.165, 1.54) is 12.1 Å². The Morgan fingerprint density at radius 3 is 2.59 bits per heavy atom. The van der Waals surface area contributed by atoms with Crippen molar-refractivity contribution in [3.63, 3.8) is 0 Å². The van der Waals surface area contributed by atoms with Crippen molar-refractivity contribution in [3.8, 4) is 5.69 Å². The zero-order valence-electron chi connectivity index (χ0n) is 14.7. The molecule has 136 valence electrons. The minimum atomic E-state index is -0.545. The number of aromatic amines is 1. The number of hydrogen-bond acceptors (Lipinski definition) is 3. The largest absolute Gasteiger partial charge is 0.417 e. The number of fused-ring (bicyclic) bond motifs is 1. The molecule has 0 aliphatic rings. The number of carbonyl (C=O) groups is 1. The molecule has 1 amide bonds. The van der Waals surface area contributed by atoms with Crippen LogP contribution in [0.5, 0.6) is 0 Å². The molecule has 0 spiro atoms. The van der Waals surface area contributed by atoms with Gasteiger partial charge in [-0.1, -0.05) is 0 Å². The van der Waals surface area contributed by atoms with E-state index in [4.69, 9.17) is 4.42 Å². The van der Waals surface area contributed by atoms with Crippen molar-refractivity contribution >= 4 is 22.7 Å². The van der Waals surface area contributed by atoms with E-state index in [0.29, 0.717) is 22.4 Å². The minimum Gasteiger partial charge on any atom is -0.408 e. The maximum Gasteiger partial charge on any atom is 0.417 e. The number of oxazole rings is 1. The molecule has 0 radical (unpaired) electrons. The van der Waals surface area contributed by atoms with Gasteiger partial charge in [0.25, 0.3) is 5.91 Å². The standard InChI is InChI=1S/C20H16FN3O3/c1-11-9-16(12(2)24(11)15-6-3-13(21)4-7-15)19(25)22-14-5-8-18-17(10-14)23-20(26)27-18/h3-10H,1-2H3,(H,22,25)(H,23,26). The number of nitrogens with one attached hydrogen (secondary N) is 2. The van der Waals surface area contributed by atoms with Gasteiger partial charge in [-0.05, 0) is 62.4 Å². The first-order valence-corrected chi connectivity index (χ1v) is 8.31. The van der Waals surface area contributed by atoms with Crippen molar-refractivity contribution in [2.24, 2.45) is 0 Å². The molecule has 0 fully saturated rings. The van der Waals surface area contributed by atoms with Crippen molar-refractivity contribution in [1.29, 1.82) is 0 Å². The number of amides is 1. The fourth-order valence-corrected chi connectivity index (χ4v) is 3.21. The molecule has 4 aromatic rings. The molecule has 6 nitrogen and oxygen atoms in total. The summed E-state index contributed by atoms with van der Waals surface area (Å²) in [5, 5.41) is 2.83. The summed E-state index contributed by atoms with van der Waals surface area (Å²) in [5.41, 5.74) is 4.37. The van der Waals surface area contributed by atoms with E-state index < -0.39 is 5.76 Å². The first-order valence-electron chi connectivity index (χ1n) is 8.31. The second-order valence-electron chi connectivity index (χ2n) is 6.28. The number of anilines is 1. The summed E-state index contributed by atoms with van der Waals surface area (Å²) < 4.78 is 20.0. The Morgan fingerprint density at radius 2 is 1.85 bits per heavy atom. The van der Waals surface area contributed by atoms with Crippen LogP contribution in [0.4, 0.5) is 10.1 Å². The Hall–Kier alpha value is -3.61. The van der Waals surface area contributed by atoms with Gasteiger partial charge in [0.1, 0.15) is 5.82 Å². The number of hydrogen-bond donors (Lipinski definition) is 2. The Kier molecular flexibility index (Phi) is 3.92. The summed E-state index contributed by atoms with van der Waals surface area (Å²) >= 11 is 0. The summed E-state index contributed by atoms with van der Waals surface area (Å²) in [5.74, 6) is -1.13. The van der Waals surface area contributed by atoms with Gasteiger partial charge in [0.2, 0.25) is 0 Å². The molecule has 0 bridgehead atoms. The van der Waals surface area contributed by atoms with Gasteiger partial charge in [-0.2, -0.15) is 0 Å². The molecule has 2 N–H and O–H groups in total. The maximum atomic E-state index is 13.2. The molecule has 0 saturated heterocycles. The average molecular weight is 365 g/mol. The molecule has 0 aliphatic heterocycles. The fourth-order valence-electron chi connectivity index (χ4n) is 3.21. The van der Waals surface area contributed by atoms with Crippen LogP contribution in [0, 0.1) is 19.7 Å². The highest BCUT2D eigenvalue weighted by atomic mass is 19.1. The quantitative estimate of drug-likeness (QED) is 0.577. The van der Waals surface area contributed by atoms with Gasteiger partial charge in [-0.15, -0.1) is 0 Å². The third kappa shape index (κ3) is 3.03. The van der Waals surface area contributed by atoms with Crippen molar-refractivity contribution in [3.05, 3.63) is 81.9 Å². The number of benzene rings is 2. The molecule has 2 aromatic carbocycles. The minimum absolute atomic E-state index is 0.276. The molecule has 0 unspecified atom stereocenters. The number of halogens is 1. The lowest BCUT2D eigenvalue weighted by atomic mass is 10.2. The van der Waals surface area contributed by atoms with E-state index >= 15 is 0 Å². The second kappa shape index (κ2) is 6.28. The van der Waals surface area contributed by atoms with E-state index in [1.807, 2.05) is 18.4 Å². The predicted octanol–water partition coefficient (Wildman–Crippen LogP) is 3.92. The molecule has 0 aliphatic carbocycles. The van der Waals surface area contributed by atoms with Gasteiger partial charge >= 0.3 is 5.76 Å². The topological polar surface area (TPSA) is 80.0 Å². The fraction of sp³-hybridized carbons (Fsp3) is 0.100. The number of carbonyl (C=O) groups excluding carboxylic acids is 1. The van der Waals surface area contributed by atoms with Crippen LogP contribution in [0.25, 0.3) is 16.8 Å². The van der Waals surface area contributed by atoms with E-state index in [0.717, 1.165) is 17.1 Å². The summed E-state index contributed by atoms with van der Waals surface area (Å²) in [6.45, 7) is 3.72. The van der Waals surface area contributed by atoms with Crippen LogP contribution in [0.2, 0.25) is 0 Å². The highest BCUT2D eigenvalue weighted by Gasteiger charge is 2.17. The molecular formula is C20H16FN3O3. The number of rotatable bonds is 3. The zero-order chi connectivity index (χ0) is 19.1. The summed E-state index contributed by atoms with van der Waals surface area (Å²) in [6.07, 6.45) is 0. The van der Waals surface area contributed by atoms with Gasteiger partial charge in [-0.3, -0.25) is 9.78 Å². The Balaban J connectivity index is 1.66. The van der Waals surface area contributed by atoms with Gasteiger partial charge in [0.05, 0.1) is 11.1 Å². The predicted molar refractivity (Wildman–Crippen MR) is 100.0 cm³/mol. The third-order valence-electron chi connectivity index (χ3n) is 4.44. The monoisotopic (exact) mass is 365 g/mol. The SMILES string of the molecule is Cc1cc(C(=O)Nc2ccc3oc(=O)[nH]c3c2)c(C)n1-c1ccc(F)cc1. The van der Waals surface area contributed by atoms with Crippen LogP contribution in [-0.4, -0.2) is 15.5 Å². The second-order valence-corrected chi connectivity index (χ2v) is 6.28. The van der Waals surface area contributed by atoms with Crippen molar-refractivity contribution in [2.75, 3.05) is 5.32 Å². The molecular weight excluding hydrogens is 349 g/mol. The van der Waals surface area contributed by atoms with Crippen molar-refractivity contribution in [2.45, 2.75) is 13.8 Å². The van der Waals surface area contributed by atoms with Crippen molar-refractivity contribution in [1.82, 2.24) is 9.55 Å². The highest BCUT2D eigenvalue weighted by Crippen LogP contribution is 2.23. The summed E-state index contributed by atoms with van der Waals surface area (Å²) in [7, 11) is 0. The van der Waals surface area contributed by atoms with Crippen LogP contribution in [0.15, 0.2) is 57.7 Å². The maximum absolute atomic E-state index is 13.2. The molecule has 0 saturated carbocycles. The number of aromatic nitrogens is 2. The van der Waals surface area contributed by atoms with Crippen LogP contribution in [-0.2, 0) is 0 Å². The lowest BCUT2D eigenvalue weighted by Gasteiger charge is -2.10. The molecule has 4 rings (SSSR count). The lowest BCUT2D eigenvalue weighted by Crippen LogP contribution is -2.13. The Morgan fingerprint density at radius 1 is 1.11 bits per heavy atom.